The van der Waals surface area contributed by atoms with Gasteiger partial charge in [-0.3, -0.25) is 5.32 Å². The first-order chi connectivity index (χ1) is 10.9. The van der Waals surface area contributed by atoms with E-state index in [-0.39, 0.29) is 0 Å². The van der Waals surface area contributed by atoms with Crippen molar-refractivity contribution < 1.29 is 14.3 Å². The molecule has 1 aromatic carbocycles. The first kappa shape index (κ1) is 17.6. The molecule has 0 aromatic heterocycles. The van der Waals surface area contributed by atoms with Gasteiger partial charge in [0.2, 0.25) is 0 Å². The van der Waals surface area contributed by atoms with Crippen molar-refractivity contribution in [2.24, 2.45) is 0 Å². The largest absolute Gasteiger partial charge is 0.444 e. The molecule has 0 saturated carbocycles. The molecule has 1 atom stereocenters. The monoisotopic (exact) mass is 321 g/mol. The SMILES string of the molecule is COC[C@@H]1CCCN1Nc1ccc(NC(=O)OC(C)(C)C)cc1. The minimum absolute atomic E-state index is 0.402. The van der Waals surface area contributed by atoms with Crippen LogP contribution in [0.1, 0.15) is 33.6 Å². The summed E-state index contributed by atoms with van der Waals surface area (Å²) in [4.78, 5) is 11.7. The van der Waals surface area contributed by atoms with Crippen LogP contribution < -0.4 is 10.7 Å². The minimum atomic E-state index is -0.502. The summed E-state index contributed by atoms with van der Waals surface area (Å²) in [5.41, 5.74) is 4.60. The van der Waals surface area contributed by atoms with E-state index in [1.165, 1.54) is 6.42 Å². The number of ether oxygens (including phenoxy) is 2. The van der Waals surface area contributed by atoms with Crippen molar-refractivity contribution in [3.8, 4) is 0 Å². The van der Waals surface area contributed by atoms with Crippen LogP contribution in [0.15, 0.2) is 24.3 Å². The summed E-state index contributed by atoms with van der Waals surface area (Å²) < 4.78 is 10.5. The molecular formula is C17H27N3O3. The normalized spacial score (nSPS) is 18.7. The standard InChI is InChI=1S/C17H27N3O3/c1-17(2,3)23-16(21)18-13-7-9-14(10-8-13)19-20-11-5-6-15(20)12-22-4/h7-10,15,19H,5-6,11-12H2,1-4H3,(H,18,21)/t15-/m0/s1. The van der Waals surface area contributed by atoms with Crippen LogP contribution in [-0.2, 0) is 9.47 Å². The second kappa shape index (κ2) is 7.66. The fourth-order valence-electron chi connectivity index (χ4n) is 2.56. The summed E-state index contributed by atoms with van der Waals surface area (Å²) >= 11 is 0. The molecule has 2 rings (SSSR count). The Labute approximate surface area is 138 Å². The first-order valence-corrected chi connectivity index (χ1v) is 8.00. The number of amides is 1. The van der Waals surface area contributed by atoms with Crippen molar-refractivity contribution in [3.05, 3.63) is 24.3 Å². The number of carbonyl (C=O) groups excluding carboxylic acids is 1. The van der Waals surface area contributed by atoms with Crippen LogP contribution in [0, 0.1) is 0 Å². The number of methoxy groups -OCH3 is 1. The third kappa shape index (κ3) is 5.73. The highest BCUT2D eigenvalue weighted by Crippen LogP contribution is 2.21. The lowest BCUT2D eigenvalue weighted by Crippen LogP contribution is -2.37. The Hall–Kier alpha value is -1.79. The van der Waals surface area contributed by atoms with Crippen molar-refractivity contribution in [2.75, 3.05) is 31.0 Å². The van der Waals surface area contributed by atoms with Crippen LogP contribution in [0.3, 0.4) is 0 Å². The summed E-state index contributed by atoms with van der Waals surface area (Å²) in [6, 6.07) is 7.99. The van der Waals surface area contributed by atoms with Crippen molar-refractivity contribution in [3.63, 3.8) is 0 Å². The van der Waals surface area contributed by atoms with E-state index in [0.29, 0.717) is 11.7 Å². The molecule has 1 amide bonds. The van der Waals surface area contributed by atoms with E-state index in [2.05, 4.69) is 15.8 Å². The summed E-state index contributed by atoms with van der Waals surface area (Å²) in [6.07, 6.45) is 1.86. The zero-order valence-corrected chi connectivity index (χ0v) is 14.4. The molecule has 1 fully saturated rings. The molecule has 2 N–H and O–H groups in total. The second-order valence-electron chi connectivity index (χ2n) is 6.76. The van der Waals surface area contributed by atoms with Gasteiger partial charge >= 0.3 is 6.09 Å². The maximum absolute atomic E-state index is 11.7. The highest BCUT2D eigenvalue weighted by Gasteiger charge is 2.24. The lowest BCUT2D eigenvalue weighted by atomic mass is 10.2. The van der Waals surface area contributed by atoms with E-state index in [0.717, 1.165) is 25.3 Å². The van der Waals surface area contributed by atoms with Gasteiger partial charge < -0.3 is 14.9 Å². The number of hydrogen-bond donors (Lipinski definition) is 2. The van der Waals surface area contributed by atoms with Crippen LogP contribution in [0.5, 0.6) is 0 Å². The van der Waals surface area contributed by atoms with Gasteiger partial charge in [-0.15, -0.1) is 0 Å². The molecule has 0 unspecified atom stereocenters. The predicted octanol–water partition coefficient (Wildman–Crippen LogP) is 3.47. The highest BCUT2D eigenvalue weighted by molar-refractivity contribution is 5.85. The van der Waals surface area contributed by atoms with Crippen LogP contribution in [0.4, 0.5) is 16.2 Å². The zero-order chi connectivity index (χ0) is 16.9. The molecule has 0 spiro atoms. The van der Waals surface area contributed by atoms with Gasteiger partial charge in [0, 0.05) is 25.0 Å². The number of benzene rings is 1. The molecule has 1 saturated heterocycles. The molecule has 0 aliphatic carbocycles. The molecule has 1 aromatic rings. The van der Waals surface area contributed by atoms with Crippen molar-refractivity contribution in [2.45, 2.75) is 45.3 Å². The van der Waals surface area contributed by atoms with Gasteiger partial charge in [-0.1, -0.05) is 0 Å². The minimum Gasteiger partial charge on any atom is -0.444 e. The lowest BCUT2D eigenvalue weighted by Gasteiger charge is -2.25. The summed E-state index contributed by atoms with van der Waals surface area (Å²) in [5.74, 6) is 0. The molecule has 6 nitrogen and oxygen atoms in total. The number of nitrogens with one attached hydrogen (secondary N) is 2. The Morgan fingerprint density at radius 1 is 1.26 bits per heavy atom. The molecular weight excluding hydrogens is 294 g/mol. The number of anilines is 2. The summed E-state index contributed by atoms with van der Waals surface area (Å²) in [5, 5.41) is 4.93. The van der Waals surface area contributed by atoms with Gasteiger partial charge in [-0.05, 0) is 57.9 Å². The van der Waals surface area contributed by atoms with Gasteiger partial charge in [-0.25, -0.2) is 9.80 Å². The second-order valence-corrected chi connectivity index (χ2v) is 6.76. The van der Waals surface area contributed by atoms with Crippen LogP contribution >= 0.6 is 0 Å². The molecule has 1 aliphatic heterocycles. The Morgan fingerprint density at radius 3 is 2.52 bits per heavy atom. The molecule has 23 heavy (non-hydrogen) atoms. The van der Waals surface area contributed by atoms with Gasteiger partial charge in [0.1, 0.15) is 5.60 Å². The molecule has 0 bridgehead atoms. The number of rotatable bonds is 5. The predicted molar refractivity (Wildman–Crippen MR) is 91.5 cm³/mol. The average molecular weight is 321 g/mol. The van der Waals surface area contributed by atoms with E-state index in [9.17, 15) is 4.79 Å². The van der Waals surface area contributed by atoms with E-state index in [1.54, 1.807) is 7.11 Å². The van der Waals surface area contributed by atoms with Crippen LogP contribution in [0.2, 0.25) is 0 Å². The van der Waals surface area contributed by atoms with Gasteiger partial charge in [0.15, 0.2) is 0 Å². The topological polar surface area (TPSA) is 62.8 Å². The molecule has 1 aliphatic rings. The number of hydrazine groups is 1. The Morgan fingerprint density at radius 2 is 1.91 bits per heavy atom. The lowest BCUT2D eigenvalue weighted by molar-refractivity contribution is 0.0636. The Kier molecular flexibility index (Phi) is 5.85. The fourth-order valence-corrected chi connectivity index (χ4v) is 2.56. The Bertz CT molecular complexity index is 511. The Balaban J connectivity index is 1.88. The fraction of sp³-hybridized carbons (Fsp3) is 0.588. The first-order valence-electron chi connectivity index (χ1n) is 8.00. The maximum Gasteiger partial charge on any atom is 0.412 e. The van der Waals surface area contributed by atoms with Crippen LogP contribution in [0.25, 0.3) is 0 Å². The molecule has 0 radical (unpaired) electrons. The molecule has 6 heteroatoms. The van der Waals surface area contributed by atoms with E-state index in [4.69, 9.17) is 9.47 Å². The summed E-state index contributed by atoms with van der Waals surface area (Å²) in [7, 11) is 1.73. The number of hydrogen-bond acceptors (Lipinski definition) is 5. The van der Waals surface area contributed by atoms with Crippen molar-refractivity contribution in [1.82, 2.24) is 5.01 Å². The van der Waals surface area contributed by atoms with E-state index >= 15 is 0 Å². The van der Waals surface area contributed by atoms with Gasteiger partial charge in [-0.2, -0.15) is 0 Å². The third-order valence-corrected chi connectivity index (χ3v) is 3.54. The van der Waals surface area contributed by atoms with Gasteiger partial charge in [0.05, 0.1) is 12.6 Å². The molecule has 1 heterocycles. The molecule has 128 valence electrons. The third-order valence-electron chi connectivity index (χ3n) is 3.54. The number of nitrogens with zero attached hydrogens (tertiary/aromatic N) is 1. The van der Waals surface area contributed by atoms with E-state index < -0.39 is 11.7 Å². The highest BCUT2D eigenvalue weighted by atomic mass is 16.6. The summed E-state index contributed by atoms with van der Waals surface area (Å²) in [6.45, 7) is 7.25. The average Bonchev–Trinajstić information content (AvgIpc) is 2.87. The maximum atomic E-state index is 11.7. The van der Waals surface area contributed by atoms with Crippen molar-refractivity contribution in [1.29, 1.82) is 0 Å². The quantitative estimate of drug-likeness (QED) is 0.869. The number of carbonyl (C=O) groups is 1. The zero-order valence-electron chi connectivity index (χ0n) is 14.4. The van der Waals surface area contributed by atoms with E-state index in [1.807, 2.05) is 45.0 Å². The van der Waals surface area contributed by atoms with Gasteiger partial charge in [0.25, 0.3) is 0 Å². The van der Waals surface area contributed by atoms with Crippen molar-refractivity contribution >= 4 is 17.5 Å². The smallest absolute Gasteiger partial charge is 0.412 e. The van der Waals surface area contributed by atoms with Crippen LogP contribution in [-0.4, -0.2) is 43.0 Å².